The summed E-state index contributed by atoms with van der Waals surface area (Å²) >= 11 is 12.8. The summed E-state index contributed by atoms with van der Waals surface area (Å²) in [6.45, 7) is -0.119. The van der Waals surface area contributed by atoms with E-state index in [0.717, 1.165) is 23.0 Å². The van der Waals surface area contributed by atoms with Gasteiger partial charge in [-0.2, -0.15) is 18.3 Å². The molecule has 0 unspecified atom stereocenters. The van der Waals surface area contributed by atoms with Gasteiger partial charge in [-0.05, 0) is 35.7 Å². The van der Waals surface area contributed by atoms with Gasteiger partial charge in [0.1, 0.15) is 22.9 Å². The molecule has 0 atom stereocenters. The number of phenolic OH excluding ortho intramolecular Hbond substituents is 1. The van der Waals surface area contributed by atoms with Crippen LogP contribution >= 0.6 is 23.2 Å². The number of aromatic nitrogens is 3. The summed E-state index contributed by atoms with van der Waals surface area (Å²) in [6, 6.07) is 17.4. The molecule has 41 heavy (non-hydrogen) atoms. The topological polar surface area (TPSA) is 43.0 Å². The summed E-state index contributed by atoms with van der Waals surface area (Å²) in [5.41, 5.74) is 0.582. The highest BCUT2D eigenvalue weighted by Gasteiger charge is 2.34. The van der Waals surface area contributed by atoms with Gasteiger partial charge in [0.2, 0.25) is 0 Å². The number of hydrogen-bond acceptors (Lipinski definition) is 2. The average molecular weight is 602 g/mol. The van der Waals surface area contributed by atoms with Crippen molar-refractivity contribution in [2.75, 3.05) is 0 Å². The molecule has 0 radical (unpaired) electrons. The van der Waals surface area contributed by atoms with Crippen molar-refractivity contribution in [1.29, 1.82) is 0 Å². The van der Waals surface area contributed by atoms with E-state index in [4.69, 9.17) is 23.2 Å². The molecule has 0 fully saturated rings. The zero-order valence-corrected chi connectivity index (χ0v) is 22.4. The molecule has 0 saturated carbocycles. The van der Waals surface area contributed by atoms with Crippen molar-refractivity contribution in [2.45, 2.75) is 19.3 Å². The van der Waals surface area contributed by atoms with Crippen molar-refractivity contribution in [2.24, 2.45) is 0 Å². The maximum absolute atomic E-state index is 14.7. The van der Waals surface area contributed by atoms with E-state index < -0.39 is 35.7 Å². The summed E-state index contributed by atoms with van der Waals surface area (Å²) in [5, 5.41) is 16.5. The maximum atomic E-state index is 14.7. The Balaban J connectivity index is 1.56. The standard InChI is InChI=1S/C30H18Cl2F5N3O/c31-23-5-2-6-24(32)20(23)14-39-10-9-16-7-8-17(11-26(16)39)29-19-3-1-4-22(30(35,36)37)28(19)38-40(29)15-21-25(34)12-18(33)13-27(21)41/h1-13,41H,14-15H2. The number of fused-ring (bicyclic) bond motifs is 2. The molecule has 1 N–H and O–H groups in total. The van der Waals surface area contributed by atoms with Gasteiger partial charge >= 0.3 is 6.18 Å². The Labute approximate surface area is 239 Å². The molecule has 0 aliphatic heterocycles. The highest BCUT2D eigenvalue weighted by atomic mass is 35.5. The number of rotatable bonds is 5. The minimum Gasteiger partial charge on any atom is -0.507 e. The lowest BCUT2D eigenvalue weighted by Crippen LogP contribution is -2.08. The Morgan fingerprint density at radius 3 is 2.27 bits per heavy atom. The van der Waals surface area contributed by atoms with Crippen molar-refractivity contribution in [3.05, 3.63) is 117 Å². The zero-order valence-electron chi connectivity index (χ0n) is 20.9. The molecule has 6 aromatic rings. The Kier molecular flexibility index (Phi) is 6.66. The van der Waals surface area contributed by atoms with Crippen LogP contribution in [0.1, 0.15) is 16.7 Å². The number of hydrogen-bond donors (Lipinski definition) is 1. The lowest BCUT2D eigenvalue weighted by atomic mass is 10.0. The zero-order chi connectivity index (χ0) is 29.1. The van der Waals surface area contributed by atoms with E-state index in [1.165, 1.54) is 16.8 Å². The Hall–Kier alpha value is -4.08. The highest BCUT2D eigenvalue weighted by molar-refractivity contribution is 6.36. The van der Waals surface area contributed by atoms with Crippen molar-refractivity contribution in [3.8, 4) is 17.0 Å². The molecule has 0 amide bonds. The normalized spacial score (nSPS) is 12.1. The summed E-state index contributed by atoms with van der Waals surface area (Å²) in [6.07, 6.45) is -2.86. The van der Waals surface area contributed by atoms with E-state index >= 15 is 0 Å². The van der Waals surface area contributed by atoms with E-state index in [1.54, 1.807) is 30.3 Å². The number of halogens is 7. The van der Waals surface area contributed by atoms with Crippen LogP contribution < -0.4 is 0 Å². The van der Waals surface area contributed by atoms with Crippen molar-refractivity contribution in [1.82, 2.24) is 14.3 Å². The molecule has 0 saturated heterocycles. The predicted octanol–water partition coefficient (Wildman–Crippen LogP) is 9.06. The van der Waals surface area contributed by atoms with Crippen LogP contribution in [0, 0.1) is 11.6 Å². The summed E-state index contributed by atoms with van der Waals surface area (Å²) < 4.78 is 73.2. The van der Waals surface area contributed by atoms with Crippen molar-refractivity contribution in [3.63, 3.8) is 0 Å². The number of alkyl halides is 3. The molecule has 0 aliphatic rings. The third-order valence-corrected chi connectivity index (χ3v) is 7.67. The Bertz CT molecular complexity index is 1920. The molecule has 2 heterocycles. The van der Waals surface area contributed by atoms with Gasteiger partial charge in [0.05, 0.1) is 29.9 Å². The first-order valence-corrected chi connectivity index (χ1v) is 13.0. The fourth-order valence-corrected chi connectivity index (χ4v) is 5.54. The van der Waals surface area contributed by atoms with Crippen LogP contribution in [0.4, 0.5) is 22.0 Å². The van der Waals surface area contributed by atoms with Crippen LogP contribution in [0.5, 0.6) is 5.75 Å². The minimum absolute atomic E-state index is 0.174. The fourth-order valence-electron chi connectivity index (χ4n) is 5.02. The summed E-state index contributed by atoms with van der Waals surface area (Å²) in [4.78, 5) is 0. The fraction of sp³-hybridized carbons (Fsp3) is 0.100. The van der Waals surface area contributed by atoms with Crippen LogP contribution in [0.15, 0.2) is 79.0 Å². The molecule has 2 aromatic heterocycles. The van der Waals surface area contributed by atoms with E-state index in [0.29, 0.717) is 33.8 Å². The lowest BCUT2D eigenvalue weighted by molar-refractivity contribution is -0.136. The van der Waals surface area contributed by atoms with Crippen LogP contribution in [0.2, 0.25) is 10.0 Å². The molecular weight excluding hydrogens is 584 g/mol. The number of phenols is 1. The van der Waals surface area contributed by atoms with Gasteiger partial charge in [0.15, 0.2) is 0 Å². The van der Waals surface area contributed by atoms with Gasteiger partial charge in [-0.3, -0.25) is 4.68 Å². The van der Waals surface area contributed by atoms with Crippen LogP contribution in [-0.4, -0.2) is 19.5 Å². The molecule has 208 valence electrons. The lowest BCUT2D eigenvalue weighted by Gasteiger charge is -2.13. The molecule has 6 rings (SSSR count). The quantitative estimate of drug-likeness (QED) is 0.200. The molecule has 4 aromatic carbocycles. The molecular formula is C30H18Cl2F5N3O. The summed E-state index contributed by atoms with van der Waals surface area (Å²) in [5.74, 6) is -2.71. The smallest absolute Gasteiger partial charge is 0.418 e. The average Bonchev–Trinajstić information content (AvgIpc) is 3.48. The number of nitrogens with zero attached hydrogens (tertiary/aromatic N) is 3. The first-order valence-electron chi connectivity index (χ1n) is 12.3. The van der Waals surface area contributed by atoms with E-state index in [1.807, 2.05) is 22.9 Å². The van der Waals surface area contributed by atoms with Gasteiger partial charge in [-0.15, -0.1) is 0 Å². The Morgan fingerprint density at radius 1 is 0.829 bits per heavy atom. The van der Waals surface area contributed by atoms with E-state index in [-0.39, 0.29) is 22.2 Å². The van der Waals surface area contributed by atoms with Gasteiger partial charge in [0, 0.05) is 50.4 Å². The highest BCUT2D eigenvalue weighted by Crippen LogP contribution is 2.39. The number of benzene rings is 4. The second-order valence-corrected chi connectivity index (χ2v) is 10.3. The van der Waals surface area contributed by atoms with Gasteiger partial charge in [0.25, 0.3) is 0 Å². The first kappa shape index (κ1) is 27.1. The molecule has 0 spiro atoms. The predicted molar refractivity (Wildman–Crippen MR) is 148 cm³/mol. The van der Waals surface area contributed by atoms with Gasteiger partial charge < -0.3 is 9.67 Å². The number of aromatic hydroxyl groups is 1. The largest absolute Gasteiger partial charge is 0.507 e. The molecule has 0 bridgehead atoms. The van der Waals surface area contributed by atoms with Crippen molar-refractivity contribution >= 4 is 45.0 Å². The van der Waals surface area contributed by atoms with Crippen LogP contribution in [0.25, 0.3) is 33.1 Å². The maximum Gasteiger partial charge on any atom is 0.418 e. The third-order valence-electron chi connectivity index (χ3n) is 6.96. The third kappa shape index (κ3) is 4.89. The van der Waals surface area contributed by atoms with Gasteiger partial charge in [-0.25, -0.2) is 8.78 Å². The minimum atomic E-state index is -4.70. The van der Waals surface area contributed by atoms with E-state index in [9.17, 15) is 27.1 Å². The molecule has 11 heteroatoms. The second kappa shape index (κ2) is 10.1. The van der Waals surface area contributed by atoms with Crippen LogP contribution in [-0.2, 0) is 19.3 Å². The van der Waals surface area contributed by atoms with Crippen LogP contribution in [0.3, 0.4) is 0 Å². The van der Waals surface area contributed by atoms with Crippen molar-refractivity contribution < 1.29 is 27.1 Å². The molecule has 4 nitrogen and oxygen atoms in total. The Morgan fingerprint density at radius 2 is 1.56 bits per heavy atom. The summed E-state index contributed by atoms with van der Waals surface area (Å²) in [7, 11) is 0. The SMILES string of the molecule is Oc1cc(F)cc(F)c1Cn1nc2c(C(F)(F)F)cccc2c1-c1ccc2ccn(Cc3c(Cl)cccc3Cl)c2c1. The monoisotopic (exact) mass is 601 g/mol. The first-order chi connectivity index (χ1) is 19.5. The van der Waals surface area contributed by atoms with Gasteiger partial charge in [-0.1, -0.05) is 53.5 Å². The molecule has 0 aliphatic carbocycles. The van der Waals surface area contributed by atoms with E-state index in [2.05, 4.69) is 5.10 Å². The second-order valence-electron chi connectivity index (χ2n) is 9.51.